The molecule has 1 aliphatic rings. The largest absolute Gasteiger partial charge is 0.457 e. The molecule has 0 unspecified atom stereocenters. The number of hydrogen-bond acceptors (Lipinski definition) is 3. The van der Waals surface area contributed by atoms with E-state index in [2.05, 4.69) is 5.32 Å². The Morgan fingerprint density at radius 3 is 2.37 bits per heavy atom. The van der Waals surface area contributed by atoms with Crippen LogP contribution in [-0.2, 0) is 9.59 Å². The summed E-state index contributed by atoms with van der Waals surface area (Å²) in [5, 5.41) is 3.44. The molecule has 0 aliphatic carbocycles. The maximum Gasteiger partial charge on any atom is 0.229 e. The molecule has 4 rings (SSSR count). The van der Waals surface area contributed by atoms with E-state index < -0.39 is 5.92 Å². The van der Waals surface area contributed by atoms with Crippen LogP contribution < -0.4 is 15.0 Å². The van der Waals surface area contributed by atoms with E-state index in [0.717, 1.165) is 5.75 Å². The van der Waals surface area contributed by atoms with Crippen molar-refractivity contribution < 1.29 is 14.3 Å². The van der Waals surface area contributed by atoms with Gasteiger partial charge in [0.2, 0.25) is 11.8 Å². The van der Waals surface area contributed by atoms with E-state index in [1.165, 1.54) is 5.56 Å². The van der Waals surface area contributed by atoms with Gasteiger partial charge in [-0.1, -0.05) is 35.4 Å². The molecule has 0 saturated carbocycles. The maximum absolute atomic E-state index is 12.7. The molecular formula is C24H21ClN2O3. The summed E-state index contributed by atoms with van der Waals surface area (Å²) >= 11 is 6.02. The van der Waals surface area contributed by atoms with E-state index in [0.29, 0.717) is 28.7 Å². The number of nitrogens with zero attached hydrogens (tertiary/aromatic N) is 1. The Hall–Kier alpha value is -3.31. The number of nitrogens with one attached hydrogen (secondary N) is 1. The summed E-state index contributed by atoms with van der Waals surface area (Å²) < 4.78 is 5.81. The monoisotopic (exact) mass is 420 g/mol. The van der Waals surface area contributed by atoms with Crippen LogP contribution >= 0.6 is 11.6 Å². The van der Waals surface area contributed by atoms with Gasteiger partial charge in [-0.25, -0.2) is 0 Å². The minimum atomic E-state index is -0.417. The van der Waals surface area contributed by atoms with E-state index in [1.807, 2.05) is 37.3 Å². The van der Waals surface area contributed by atoms with Gasteiger partial charge in [-0.05, 0) is 61.5 Å². The minimum absolute atomic E-state index is 0.0840. The van der Waals surface area contributed by atoms with Crippen LogP contribution in [0.15, 0.2) is 72.8 Å². The summed E-state index contributed by atoms with van der Waals surface area (Å²) in [4.78, 5) is 26.6. The molecule has 1 fully saturated rings. The van der Waals surface area contributed by atoms with Crippen LogP contribution in [0.5, 0.6) is 11.5 Å². The Kier molecular flexibility index (Phi) is 5.72. The van der Waals surface area contributed by atoms with Crippen molar-refractivity contribution in [2.45, 2.75) is 13.3 Å². The van der Waals surface area contributed by atoms with Crippen molar-refractivity contribution in [2.75, 3.05) is 16.8 Å². The topological polar surface area (TPSA) is 58.6 Å². The molecule has 0 radical (unpaired) electrons. The first kappa shape index (κ1) is 20.0. The highest BCUT2D eigenvalue weighted by molar-refractivity contribution is 6.31. The highest BCUT2D eigenvalue weighted by Crippen LogP contribution is 2.28. The van der Waals surface area contributed by atoms with E-state index in [4.69, 9.17) is 16.3 Å². The Bertz CT molecular complexity index is 1060. The molecule has 1 aliphatic heterocycles. The summed E-state index contributed by atoms with van der Waals surface area (Å²) in [5.41, 5.74) is 2.53. The van der Waals surface area contributed by atoms with Crippen LogP contribution in [0.1, 0.15) is 12.0 Å². The Morgan fingerprint density at radius 2 is 1.70 bits per heavy atom. The fourth-order valence-electron chi connectivity index (χ4n) is 3.37. The summed E-state index contributed by atoms with van der Waals surface area (Å²) in [6, 6.07) is 22.0. The number of hydrogen-bond donors (Lipinski definition) is 1. The van der Waals surface area contributed by atoms with Crippen molar-refractivity contribution in [3.8, 4) is 11.5 Å². The normalized spacial score (nSPS) is 15.9. The second-order valence-electron chi connectivity index (χ2n) is 7.31. The van der Waals surface area contributed by atoms with Crippen molar-refractivity contribution in [1.82, 2.24) is 0 Å². The number of carbonyl (C=O) groups is 2. The number of carbonyl (C=O) groups excluding carboxylic acids is 2. The molecule has 0 bridgehead atoms. The van der Waals surface area contributed by atoms with Crippen LogP contribution in [-0.4, -0.2) is 18.4 Å². The van der Waals surface area contributed by atoms with Crippen LogP contribution in [0.3, 0.4) is 0 Å². The third-order valence-electron chi connectivity index (χ3n) is 4.99. The van der Waals surface area contributed by atoms with Crippen LogP contribution in [0, 0.1) is 12.8 Å². The number of rotatable bonds is 5. The van der Waals surface area contributed by atoms with Gasteiger partial charge >= 0.3 is 0 Å². The van der Waals surface area contributed by atoms with Crippen molar-refractivity contribution in [1.29, 1.82) is 0 Å². The smallest absolute Gasteiger partial charge is 0.229 e. The number of aryl methyl sites for hydroxylation is 1. The molecule has 2 amide bonds. The van der Waals surface area contributed by atoms with Crippen LogP contribution in [0.4, 0.5) is 11.4 Å². The number of halogens is 1. The lowest BCUT2D eigenvalue weighted by Crippen LogP contribution is -2.28. The van der Waals surface area contributed by atoms with Gasteiger partial charge in [0.15, 0.2) is 0 Å². The van der Waals surface area contributed by atoms with E-state index in [9.17, 15) is 9.59 Å². The molecule has 1 N–H and O–H groups in total. The number of benzene rings is 3. The van der Waals surface area contributed by atoms with Crippen LogP contribution in [0.25, 0.3) is 0 Å². The number of anilines is 2. The second-order valence-corrected chi connectivity index (χ2v) is 7.75. The van der Waals surface area contributed by atoms with Gasteiger partial charge in [-0.15, -0.1) is 0 Å². The lowest BCUT2D eigenvalue weighted by atomic mass is 10.1. The van der Waals surface area contributed by atoms with Crippen molar-refractivity contribution in [3.05, 3.63) is 83.4 Å². The summed E-state index contributed by atoms with van der Waals surface area (Å²) in [6.07, 6.45) is 0.174. The predicted molar refractivity (Wildman–Crippen MR) is 118 cm³/mol. The lowest BCUT2D eigenvalue weighted by Gasteiger charge is -2.17. The molecule has 30 heavy (non-hydrogen) atoms. The third-order valence-corrected chi connectivity index (χ3v) is 5.23. The van der Waals surface area contributed by atoms with Gasteiger partial charge in [0.25, 0.3) is 0 Å². The average molecular weight is 421 g/mol. The Labute approximate surface area is 180 Å². The molecular weight excluding hydrogens is 400 g/mol. The number of amides is 2. The molecule has 0 aromatic heterocycles. The molecule has 152 valence electrons. The third kappa shape index (κ3) is 4.63. The molecule has 5 nitrogen and oxygen atoms in total. The fourth-order valence-corrected chi connectivity index (χ4v) is 3.55. The second kappa shape index (κ2) is 8.59. The first-order valence-electron chi connectivity index (χ1n) is 9.69. The van der Waals surface area contributed by atoms with Crippen molar-refractivity contribution in [2.24, 2.45) is 5.92 Å². The zero-order chi connectivity index (χ0) is 21.1. The summed E-state index contributed by atoms with van der Waals surface area (Å²) in [7, 11) is 0. The predicted octanol–water partition coefficient (Wildman–Crippen LogP) is 5.43. The maximum atomic E-state index is 12.7. The zero-order valence-electron chi connectivity index (χ0n) is 16.5. The minimum Gasteiger partial charge on any atom is -0.457 e. The van der Waals surface area contributed by atoms with Gasteiger partial charge in [-0.2, -0.15) is 0 Å². The van der Waals surface area contributed by atoms with E-state index >= 15 is 0 Å². The quantitative estimate of drug-likeness (QED) is 0.598. The van der Waals surface area contributed by atoms with Crippen molar-refractivity contribution >= 4 is 34.8 Å². The molecule has 3 aromatic rings. The molecule has 1 atom stereocenters. The van der Waals surface area contributed by atoms with E-state index in [-0.39, 0.29) is 18.2 Å². The standard InChI is InChI=1S/C24H21ClN2O3/c1-16-5-9-21(10-6-16)30-22-11-7-19(8-12-22)26-24(29)17-13-23(28)27(15-17)20-4-2-3-18(25)14-20/h2-12,14,17H,13,15H2,1H3,(H,26,29)/t17-/m0/s1. The first-order valence-corrected chi connectivity index (χ1v) is 10.1. The Morgan fingerprint density at radius 1 is 1.03 bits per heavy atom. The van der Waals surface area contributed by atoms with Crippen molar-refractivity contribution in [3.63, 3.8) is 0 Å². The average Bonchev–Trinajstić information content (AvgIpc) is 3.13. The highest BCUT2D eigenvalue weighted by atomic mass is 35.5. The molecule has 3 aromatic carbocycles. The van der Waals surface area contributed by atoms with Gasteiger partial charge in [-0.3, -0.25) is 9.59 Å². The number of ether oxygens (including phenoxy) is 1. The van der Waals surface area contributed by atoms with Gasteiger partial charge < -0.3 is 15.0 Å². The first-order chi connectivity index (χ1) is 14.5. The molecule has 1 heterocycles. The fraction of sp³-hybridized carbons (Fsp3) is 0.167. The molecule has 6 heteroatoms. The van der Waals surface area contributed by atoms with E-state index in [1.54, 1.807) is 47.4 Å². The highest BCUT2D eigenvalue weighted by Gasteiger charge is 2.35. The zero-order valence-corrected chi connectivity index (χ0v) is 17.2. The van der Waals surface area contributed by atoms with Gasteiger partial charge in [0.1, 0.15) is 11.5 Å². The molecule has 0 spiro atoms. The summed E-state index contributed by atoms with van der Waals surface area (Å²) in [5.74, 6) is 0.752. The van der Waals surface area contributed by atoms with Gasteiger partial charge in [0.05, 0.1) is 5.92 Å². The van der Waals surface area contributed by atoms with Gasteiger partial charge in [0, 0.05) is 29.4 Å². The summed E-state index contributed by atoms with van der Waals surface area (Å²) in [6.45, 7) is 2.35. The SMILES string of the molecule is Cc1ccc(Oc2ccc(NC(=O)[C@H]3CC(=O)N(c4cccc(Cl)c4)C3)cc2)cc1. The van der Waals surface area contributed by atoms with Crippen LogP contribution in [0.2, 0.25) is 5.02 Å². The Balaban J connectivity index is 1.37. The lowest BCUT2D eigenvalue weighted by molar-refractivity contribution is -0.122. The molecule has 1 saturated heterocycles.